The van der Waals surface area contributed by atoms with Crippen molar-refractivity contribution in [2.75, 3.05) is 10.6 Å². The summed E-state index contributed by atoms with van der Waals surface area (Å²) in [5, 5.41) is 3.84. The zero-order chi connectivity index (χ0) is 41.1. The van der Waals surface area contributed by atoms with Gasteiger partial charge in [-0.1, -0.05) is 87.5 Å². The highest BCUT2D eigenvalue weighted by Crippen LogP contribution is 2.41. The van der Waals surface area contributed by atoms with E-state index < -0.39 is 75.9 Å². The lowest BCUT2D eigenvalue weighted by molar-refractivity contribution is -0.143. The molecule has 56 heavy (non-hydrogen) atoms. The van der Waals surface area contributed by atoms with E-state index in [-0.39, 0.29) is 29.5 Å². The van der Waals surface area contributed by atoms with Crippen LogP contribution in [-0.4, -0.2) is 12.0 Å². The van der Waals surface area contributed by atoms with Crippen molar-refractivity contribution in [3.63, 3.8) is 0 Å². The molecule has 6 nitrogen and oxygen atoms in total. The van der Waals surface area contributed by atoms with Crippen molar-refractivity contribution >= 4 is 23.4 Å². The van der Waals surface area contributed by atoms with Gasteiger partial charge in [0.2, 0.25) is 0 Å². The van der Waals surface area contributed by atoms with E-state index >= 15 is 0 Å². The number of carbonyl (C=O) groups excluding carboxylic acids is 2. The van der Waals surface area contributed by atoms with E-state index in [1.807, 2.05) is 31.4 Å². The molecule has 0 atom stereocenters. The second-order valence-corrected chi connectivity index (χ2v) is 13.2. The Kier molecular flexibility index (Phi) is 11.8. The van der Waals surface area contributed by atoms with Crippen molar-refractivity contribution in [2.24, 2.45) is 0 Å². The van der Waals surface area contributed by atoms with E-state index in [9.17, 15) is 49.1 Å². The van der Waals surface area contributed by atoms with Crippen molar-refractivity contribution in [3.8, 4) is 11.5 Å². The molecule has 0 unspecified atom stereocenters. The number of rotatable bonds is 10. The van der Waals surface area contributed by atoms with Crippen LogP contribution in [0.5, 0.6) is 11.5 Å². The SMILES string of the molecule is CCC(C)(C)c1ccc(Oc2ccc(C(F)(F)F)cc2NC(=O)Nc2cc(C(F)(F)F)cc(C(F)(F)F)c2)c(C(=O)OC(c2ccccc2)c2ccccc2)c1. The molecule has 5 aromatic rings. The van der Waals surface area contributed by atoms with Gasteiger partial charge in [0.25, 0.3) is 0 Å². The van der Waals surface area contributed by atoms with Crippen molar-refractivity contribution in [1.82, 2.24) is 0 Å². The van der Waals surface area contributed by atoms with Crippen LogP contribution in [0.25, 0.3) is 0 Å². The van der Waals surface area contributed by atoms with Gasteiger partial charge in [-0.05, 0) is 77.1 Å². The lowest BCUT2D eigenvalue weighted by atomic mass is 9.81. The molecule has 0 aliphatic rings. The number of esters is 1. The van der Waals surface area contributed by atoms with Crippen LogP contribution in [0.15, 0.2) is 115 Å². The van der Waals surface area contributed by atoms with Crippen LogP contribution in [0.2, 0.25) is 0 Å². The topological polar surface area (TPSA) is 76.7 Å². The number of hydrogen-bond donors (Lipinski definition) is 2. The van der Waals surface area contributed by atoms with Gasteiger partial charge in [0.05, 0.1) is 22.4 Å². The average molecular weight is 789 g/mol. The summed E-state index contributed by atoms with van der Waals surface area (Å²) in [6, 6.07) is 22.9. The lowest BCUT2D eigenvalue weighted by Gasteiger charge is -2.25. The molecule has 15 heteroatoms. The van der Waals surface area contributed by atoms with Gasteiger partial charge in [0.1, 0.15) is 11.3 Å². The lowest BCUT2D eigenvalue weighted by Crippen LogP contribution is -2.21. The predicted octanol–water partition coefficient (Wildman–Crippen LogP) is 12.8. The largest absolute Gasteiger partial charge is 0.454 e. The molecule has 0 aliphatic heterocycles. The van der Waals surface area contributed by atoms with E-state index in [0.717, 1.165) is 6.07 Å². The van der Waals surface area contributed by atoms with Crippen molar-refractivity contribution in [3.05, 3.63) is 154 Å². The maximum atomic E-state index is 14.1. The number of urea groups is 1. The van der Waals surface area contributed by atoms with Gasteiger partial charge in [-0.15, -0.1) is 0 Å². The Labute approximate surface area is 315 Å². The van der Waals surface area contributed by atoms with Crippen LogP contribution in [0.3, 0.4) is 0 Å². The number of ether oxygens (including phenoxy) is 2. The molecule has 2 amide bonds. The van der Waals surface area contributed by atoms with Crippen LogP contribution in [0.1, 0.15) is 77.0 Å². The molecular formula is C41H33F9N2O4. The maximum Gasteiger partial charge on any atom is 0.416 e. The Balaban J connectivity index is 1.54. The number of hydrogen-bond acceptors (Lipinski definition) is 4. The zero-order valence-electron chi connectivity index (χ0n) is 29.8. The fourth-order valence-electron chi connectivity index (χ4n) is 5.48. The molecule has 2 N–H and O–H groups in total. The average Bonchev–Trinajstić information content (AvgIpc) is 3.14. The van der Waals surface area contributed by atoms with Gasteiger partial charge in [-0.25, -0.2) is 9.59 Å². The highest BCUT2D eigenvalue weighted by atomic mass is 19.4. The number of amides is 2. The Morgan fingerprint density at radius 2 is 1.09 bits per heavy atom. The minimum atomic E-state index is -5.24. The van der Waals surface area contributed by atoms with Crippen LogP contribution in [-0.2, 0) is 28.7 Å². The molecule has 0 spiro atoms. The summed E-state index contributed by atoms with van der Waals surface area (Å²) in [7, 11) is 0. The molecule has 5 aromatic carbocycles. The highest BCUT2D eigenvalue weighted by Gasteiger charge is 2.37. The van der Waals surface area contributed by atoms with Gasteiger partial charge < -0.3 is 20.1 Å². The highest BCUT2D eigenvalue weighted by molar-refractivity contribution is 6.01. The molecule has 0 aromatic heterocycles. The maximum absolute atomic E-state index is 14.1. The third-order valence-electron chi connectivity index (χ3n) is 8.91. The molecule has 0 radical (unpaired) electrons. The Hall–Kier alpha value is -5.99. The zero-order valence-corrected chi connectivity index (χ0v) is 29.8. The van der Waals surface area contributed by atoms with Gasteiger partial charge in [0.15, 0.2) is 11.9 Å². The standard InChI is InChI=1S/C41H33F9N2O4/c1-4-38(2,3)26-15-17-33(31(22-26)36(53)56-35(24-11-7-5-8-12-24)25-13-9-6-10-14-25)55-34-18-16-27(39(42,43)44)23-32(34)52-37(54)51-30-20-28(40(45,46)47)19-29(21-30)41(48,49)50/h5-23,35H,4H2,1-3H3,(H2,51,52,54). The van der Waals surface area contributed by atoms with Gasteiger partial charge >= 0.3 is 30.5 Å². The first kappa shape index (κ1) is 41.2. The number of benzene rings is 5. The molecule has 0 bridgehead atoms. The van der Waals surface area contributed by atoms with Crippen molar-refractivity contribution in [2.45, 2.75) is 57.2 Å². The Bertz CT molecular complexity index is 2110. The minimum absolute atomic E-state index is 0.139. The minimum Gasteiger partial charge on any atom is -0.454 e. The van der Waals surface area contributed by atoms with Gasteiger partial charge in [-0.3, -0.25) is 0 Å². The number of alkyl halides is 9. The van der Waals surface area contributed by atoms with Crippen LogP contribution < -0.4 is 15.4 Å². The van der Waals surface area contributed by atoms with E-state index in [1.165, 1.54) is 12.1 Å². The first-order valence-electron chi connectivity index (χ1n) is 16.9. The number of nitrogens with one attached hydrogen (secondary N) is 2. The van der Waals surface area contributed by atoms with E-state index in [2.05, 4.69) is 0 Å². The molecule has 0 aliphatic carbocycles. The normalized spacial score (nSPS) is 12.3. The van der Waals surface area contributed by atoms with Crippen LogP contribution in [0.4, 0.5) is 55.7 Å². The van der Waals surface area contributed by atoms with Gasteiger partial charge in [-0.2, -0.15) is 39.5 Å². The Morgan fingerprint density at radius 1 is 0.589 bits per heavy atom. The summed E-state index contributed by atoms with van der Waals surface area (Å²) in [6.07, 6.45) is -15.7. The number of carbonyl (C=O) groups is 2. The summed E-state index contributed by atoms with van der Waals surface area (Å²) in [5.74, 6) is -1.55. The first-order chi connectivity index (χ1) is 26.2. The van der Waals surface area contributed by atoms with Crippen LogP contribution >= 0.6 is 0 Å². The molecule has 5 rings (SSSR count). The van der Waals surface area contributed by atoms with Crippen LogP contribution in [0, 0.1) is 0 Å². The molecule has 0 fully saturated rings. The van der Waals surface area contributed by atoms with Crippen molar-refractivity contribution in [1.29, 1.82) is 0 Å². The molecule has 294 valence electrons. The summed E-state index contributed by atoms with van der Waals surface area (Å²) in [4.78, 5) is 27.2. The Morgan fingerprint density at radius 3 is 1.59 bits per heavy atom. The number of halogens is 9. The third kappa shape index (κ3) is 10.00. The summed E-state index contributed by atoms with van der Waals surface area (Å²) in [6.45, 7) is 5.78. The van der Waals surface area contributed by atoms with Crippen molar-refractivity contribution < 1.29 is 58.6 Å². The van der Waals surface area contributed by atoms with E-state index in [0.29, 0.717) is 35.2 Å². The fraction of sp³-hybridized carbons (Fsp3) is 0.220. The van der Waals surface area contributed by atoms with E-state index in [4.69, 9.17) is 9.47 Å². The smallest absolute Gasteiger partial charge is 0.416 e. The summed E-state index contributed by atoms with van der Waals surface area (Å²) < 4.78 is 134. The summed E-state index contributed by atoms with van der Waals surface area (Å²) >= 11 is 0. The first-order valence-corrected chi connectivity index (χ1v) is 16.9. The second kappa shape index (κ2) is 16.0. The fourth-order valence-corrected chi connectivity index (χ4v) is 5.48. The second-order valence-electron chi connectivity index (χ2n) is 13.2. The molecule has 0 saturated carbocycles. The van der Waals surface area contributed by atoms with Gasteiger partial charge in [0, 0.05) is 5.69 Å². The monoisotopic (exact) mass is 788 g/mol. The van der Waals surface area contributed by atoms with E-state index in [1.54, 1.807) is 66.7 Å². The molecule has 0 saturated heterocycles. The summed E-state index contributed by atoms with van der Waals surface area (Å²) in [5.41, 5.74) is -5.07. The predicted molar refractivity (Wildman–Crippen MR) is 191 cm³/mol. The third-order valence-corrected chi connectivity index (χ3v) is 8.91. The quantitative estimate of drug-likeness (QED) is 0.109. The number of anilines is 2. The molecular weight excluding hydrogens is 755 g/mol. The molecule has 0 heterocycles.